The van der Waals surface area contributed by atoms with E-state index in [2.05, 4.69) is 5.32 Å². The van der Waals surface area contributed by atoms with E-state index in [-0.39, 0.29) is 17.7 Å². The lowest BCUT2D eigenvalue weighted by Gasteiger charge is -2.14. The van der Waals surface area contributed by atoms with Crippen LogP contribution in [0.15, 0.2) is 48.5 Å². The van der Waals surface area contributed by atoms with Crippen LogP contribution in [0.5, 0.6) is 0 Å². The van der Waals surface area contributed by atoms with E-state index in [4.69, 9.17) is 0 Å². The monoisotopic (exact) mass is 247 g/mol. The molecule has 1 atom stereocenters. The number of rotatable bonds is 4. The highest BCUT2D eigenvalue weighted by atomic mass is 19.1. The van der Waals surface area contributed by atoms with Crippen LogP contribution in [0.1, 0.15) is 24.1 Å². The summed E-state index contributed by atoms with van der Waals surface area (Å²) in [5, 5.41) is 3.27. The van der Waals surface area contributed by atoms with Gasteiger partial charge >= 0.3 is 0 Å². The van der Waals surface area contributed by atoms with Crippen LogP contribution in [0.3, 0.4) is 0 Å². The smallest absolute Gasteiger partial charge is 0.123 e. The molecule has 0 unspecified atom stereocenters. The topological polar surface area (TPSA) is 12.0 Å². The number of benzene rings is 2. The van der Waals surface area contributed by atoms with Crippen molar-refractivity contribution in [1.29, 1.82) is 0 Å². The molecule has 0 saturated carbocycles. The van der Waals surface area contributed by atoms with E-state index < -0.39 is 0 Å². The summed E-state index contributed by atoms with van der Waals surface area (Å²) in [6, 6.07) is 12.9. The first kappa shape index (κ1) is 12.7. The Bertz CT molecular complexity index is 508. The van der Waals surface area contributed by atoms with Gasteiger partial charge < -0.3 is 5.32 Å². The van der Waals surface area contributed by atoms with E-state index in [1.165, 1.54) is 24.3 Å². The van der Waals surface area contributed by atoms with Crippen LogP contribution in [0.2, 0.25) is 0 Å². The van der Waals surface area contributed by atoms with Crippen LogP contribution >= 0.6 is 0 Å². The van der Waals surface area contributed by atoms with Crippen molar-refractivity contribution in [2.45, 2.75) is 19.5 Å². The lowest BCUT2D eigenvalue weighted by molar-refractivity contribution is 0.563. The summed E-state index contributed by atoms with van der Waals surface area (Å²) in [6.45, 7) is 2.59. The van der Waals surface area contributed by atoms with Gasteiger partial charge in [-0.3, -0.25) is 0 Å². The van der Waals surface area contributed by atoms with Gasteiger partial charge in [0, 0.05) is 12.6 Å². The highest BCUT2D eigenvalue weighted by Gasteiger charge is 2.05. The van der Waals surface area contributed by atoms with Gasteiger partial charge in [-0.2, -0.15) is 0 Å². The predicted octanol–water partition coefficient (Wildman–Crippen LogP) is 3.82. The molecule has 1 nitrogen and oxygen atoms in total. The standard InChI is InChI=1S/C15H15F2N/c1-11(13-3-2-4-15(17)9-13)18-10-12-5-7-14(16)8-6-12/h2-9,11,18H,10H2,1H3/t11-/m1/s1. The minimum absolute atomic E-state index is 0.0470. The SMILES string of the molecule is C[C@@H](NCc1ccc(F)cc1)c1cccc(F)c1. The van der Waals surface area contributed by atoms with Crippen LogP contribution in [0.4, 0.5) is 8.78 Å². The molecule has 3 heteroatoms. The molecule has 94 valence electrons. The van der Waals surface area contributed by atoms with Gasteiger partial charge in [-0.1, -0.05) is 24.3 Å². The van der Waals surface area contributed by atoms with Crippen molar-refractivity contribution >= 4 is 0 Å². The second-order valence-corrected chi connectivity index (χ2v) is 4.28. The molecule has 0 radical (unpaired) electrons. The maximum absolute atomic E-state index is 13.1. The van der Waals surface area contributed by atoms with Crippen molar-refractivity contribution in [3.63, 3.8) is 0 Å². The van der Waals surface area contributed by atoms with E-state index in [0.717, 1.165) is 11.1 Å². The molecule has 0 amide bonds. The van der Waals surface area contributed by atoms with Crippen molar-refractivity contribution in [3.05, 3.63) is 71.3 Å². The van der Waals surface area contributed by atoms with Gasteiger partial charge in [0.2, 0.25) is 0 Å². The number of nitrogens with one attached hydrogen (secondary N) is 1. The second-order valence-electron chi connectivity index (χ2n) is 4.28. The fourth-order valence-corrected chi connectivity index (χ4v) is 1.77. The second kappa shape index (κ2) is 5.74. The maximum Gasteiger partial charge on any atom is 0.123 e. The van der Waals surface area contributed by atoms with Crippen LogP contribution in [-0.4, -0.2) is 0 Å². The molecule has 0 heterocycles. The van der Waals surface area contributed by atoms with Gasteiger partial charge in [0.25, 0.3) is 0 Å². The third-order valence-corrected chi connectivity index (χ3v) is 2.87. The number of halogens is 2. The van der Waals surface area contributed by atoms with Crippen LogP contribution < -0.4 is 5.32 Å². The summed E-state index contributed by atoms with van der Waals surface area (Å²) in [4.78, 5) is 0. The Morgan fingerprint density at radius 3 is 2.39 bits per heavy atom. The van der Waals surface area contributed by atoms with Crippen LogP contribution in [0, 0.1) is 11.6 Å². The average Bonchev–Trinajstić information content (AvgIpc) is 2.38. The molecule has 0 aliphatic carbocycles. The highest BCUT2D eigenvalue weighted by molar-refractivity contribution is 5.20. The zero-order valence-electron chi connectivity index (χ0n) is 10.2. The van der Waals surface area contributed by atoms with E-state index in [1.54, 1.807) is 18.2 Å². The molecule has 0 aliphatic rings. The molecule has 2 aromatic rings. The zero-order valence-corrected chi connectivity index (χ0v) is 10.2. The van der Waals surface area contributed by atoms with Crippen molar-refractivity contribution < 1.29 is 8.78 Å². The third-order valence-electron chi connectivity index (χ3n) is 2.87. The molecule has 0 aromatic heterocycles. The molecule has 2 rings (SSSR count). The summed E-state index contributed by atoms with van der Waals surface area (Å²) in [5.74, 6) is -0.472. The number of hydrogen-bond acceptors (Lipinski definition) is 1. The Kier molecular flexibility index (Phi) is 4.05. The Morgan fingerprint density at radius 2 is 1.72 bits per heavy atom. The molecule has 0 saturated heterocycles. The van der Waals surface area contributed by atoms with Crippen LogP contribution in [0.25, 0.3) is 0 Å². The minimum atomic E-state index is -0.239. The third kappa shape index (κ3) is 3.37. The van der Waals surface area contributed by atoms with Gasteiger partial charge in [-0.15, -0.1) is 0 Å². The largest absolute Gasteiger partial charge is 0.306 e. The van der Waals surface area contributed by atoms with E-state index in [1.807, 2.05) is 13.0 Å². The first-order valence-electron chi connectivity index (χ1n) is 5.88. The molecule has 18 heavy (non-hydrogen) atoms. The van der Waals surface area contributed by atoms with Gasteiger partial charge in [-0.05, 0) is 42.3 Å². The summed E-state index contributed by atoms with van der Waals surface area (Å²) in [6.07, 6.45) is 0. The quantitative estimate of drug-likeness (QED) is 0.866. The molecule has 0 bridgehead atoms. The lowest BCUT2D eigenvalue weighted by Crippen LogP contribution is -2.18. The fourth-order valence-electron chi connectivity index (χ4n) is 1.77. The molecular weight excluding hydrogens is 232 g/mol. The van der Waals surface area contributed by atoms with Crippen molar-refractivity contribution in [2.24, 2.45) is 0 Å². The molecular formula is C15H15F2N. The van der Waals surface area contributed by atoms with Gasteiger partial charge in [0.05, 0.1) is 0 Å². The summed E-state index contributed by atoms with van der Waals surface area (Å²) in [7, 11) is 0. The Labute approximate surface area is 105 Å². The first-order chi connectivity index (χ1) is 8.65. The fraction of sp³-hybridized carbons (Fsp3) is 0.200. The maximum atomic E-state index is 13.1. The Morgan fingerprint density at radius 1 is 1.00 bits per heavy atom. The average molecular weight is 247 g/mol. The first-order valence-corrected chi connectivity index (χ1v) is 5.88. The van der Waals surface area contributed by atoms with Gasteiger partial charge in [0.1, 0.15) is 11.6 Å². The summed E-state index contributed by atoms with van der Waals surface area (Å²) < 4.78 is 25.8. The number of hydrogen-bond donors (Lipinski definition) is 1. The Balaban J connectivity index is 1.96. The highest BCUT2D eigenvalue weighted by Crippen LogP contribution is 2.14. The van der Waals surface area contributed by atoms with Crippen LogP contribution in [-0.2, 0) is 6.54 Å². The van der Waals surface area contributed by atoms with Crippen molar-refractivity contribution in [2.75, 3.05) is 0 Å². The van der Waals surface area contributed by atoms with E-state index in [0.29, 0.717) is 6.54 Å². The van der Waals surface area contributed by atoms with Gasteiger partial charge in [0.15, 0.2) is 0 Å². The van der Waals surface area contributed by atoms with Crippen molar-refractivity contribution in [1.82, 2.24) is 5.32 Å². The lowest BCUT2D eigenvalue weighted by atomic mass is 10.1. The normalized spacial score (nSPS) is 12.4. The molecule has 1 N–H and O–H groups in total. The summed E-state index contributed by atoms with van der Waals surface area (Å²) >= 11 is 0. The van der Waals surface area contributed by atoms with E-state index in [9.17, 15) is 8.78 Å². The molecule has 2 aromatic carbocycles. The van der Waals surface area contributed by atoms with Gasteiger partial charge in [-0.25, -0.2) is 8.78 Å². The minimum Gasteiger partial charge on any atom is -0.306 e. The summed E-state index contributed by atoms with van der Waals surface area (Å²) in [5.41, 5.74) is 1.90. The predicted molar refractivity (Wildman–Crippen MR) is 68.1 cm³/mol. The Hall–Kier alpha value is -1.74. The zero-order chi connectivity index (χ0) is 13.0. The van der Waals surface area contributed by atoms with Crippen molar-refractivity contribution in [3.8, 4) is 0 Å². The molecule has 0 aliphatic heterocycles. The molecule has 0 spiro atoms. The van der Waals surface area contributed by atoms with E-state index >= 15 is 0 Å². The molecule has 0 fully saturated rings.